The largest absolute Gasteiger partial charge is 0.508 e. The molecular formula is C15H19BrO5. The molecule has 0 radical (unpaired) electrons. The van der Waals surface area contributed by atoms with Gasteiger partial charge in [-0.05, 0) is 37.3 Å². The molecule has 1 aromatic rings. The van der Waals surface area contributed by atoms with Crippen molar-refractivity contribution in [1.82, 2.24) is 0 Å². The van der Waals surface area contributed by atoms with Gasteiger partial charge in [-0.1, -0.05) is 22.0 Å². The summed E-state index contributed by atoms with van der Waals surface area (Å²) in [6, 6.07) is 5.68. The molecule has 0 bridgehead atoms. The second kappa shape index (κ2) is 8.12. The van der Waals surface area contributed by atoms with Crippen molar-refractivity contribution >= 4 is 22.1 Å². The third-order valence-corrected chi connectivity index (χ3v) is 3.79. The van der Waals surface area contributed by atoms with Crippen molar-refractivity contribution in [2.75, 3.05) is 11.9 Å². The maximum atomic E-state index is 10.5. The van der Waals surface area contributed by atoms with Gasteiger partial charge in [0, 0.05) is 17.8 Å². The minimum absolute atomic E-state index is 0.534. The maximum Gasteiger partial charge on any atom is 0.508 e. The van der Waals surface area contributed by atoms with Crippen LogP contribution in [0, 0.1) is 0 Å². The number of aryl methyl sites for hydroxylation is 1. The summed E-state index contributed by atoms with van der Waals surface area (Å²) in [5.74, 6) is 1.38. The van der Waals surface area contributed by atoms with Gasteiger partial charge < -0.3 is 19.3 Å². The Morgan fingerprint density at radius 2 is 2.24 bits per heavy atom. The van der Waals surface area contributed by atoms with Crippen LogP contribution in [0.15, 0.2) is 18.2 Å². The molecule has 6 heteroatoms. The van der Waals surface area contributed by atoms with Crippen LogP contribution in [-0.2, 0) is 11.2 Å². The highest BCUT2D eigenvalue weighted by molar-refractivity contribution is 9.09. The number of hydrogen-bond acceptors (Lipinski definition) is 4. The fourth-order valence-corrected chi connectivity index (χ4v) is 2.57. The van der Waals surface area contributed by atoms with E-state index in [1.807, 2.05) is 12.1 Å². The number of hydrogen-bond donors (Lipinski definition) is 1. The molecule has 0 spiro atoms. The van der Waals surface area contributed by atoms with Crippen molar-refractivity contribution in [3.8, 4) is 11.5 Å². The predicted octanol–water partition coefficient (Wildman–Crippen LogP) is 3.98. The zero-order chi connectivity index (χ0) is 15.1. The Kier molecular flexibility index (Phi) is 6.17. The van der Waals surface area contributed by atoms with E-state index in [2.05, 4.69) is 20.7 Å². The minimum atomic E-state index is -1.32. The first kappa shape index (κ1) is 15.9. The van der Waals surface area contributed by atoms with Crippen molar-refractivity contribution in [2.45, 2.75) is 38.4 Å². The van der Waals surface area contributed by atoms with Gasteiger partial charge in [-0.2, -0.15) is 0 Å². The van der Waals surface area contributed by atoms with Crippen LogP contribution in [0.5, 0.6) is 11.5 Å². The molecule has 0 aliphatic carbocycles. The molecule has 2 rings (SSSR count). The Labute approximate surface area is 132 Å². The first-order valence-corrected chi connectivity index (χ1v) is 8.19. The molecule has 1 aliphatic rings. The summed E-state index contributed by atoms with van der Waals surface area (Å²) in [4.78, 5) is 10.5. The van der Waals surface area contributed by atoms with Gasteiger partial charge in [0.1, 0.15) is 11.5 Å². The number of unbranched alkanes of at least 4 members (excludes halogenated alkanes) is 2. The molecule has 1 N–H and O–H groups in total. The van der Waals surface area contributed by atoms with Crippen molar-refractivity contribution in [2.24, 2.45) is 0 Å². The molecule has 1 heterocycles. The summed E-state index contributed by atoms with van der Waals surface area (Å²) in [5, 5.41) is 9.64. The van der Waals surface area contributed by atoms with Gasteiger partial charge in [-0.3, -0.25) is 0 Å². The molecule has 0 amide bonds. The quantitative estimate of drug-likeness (QED) is 0.453. The van der Waals surface area contributed by atoms with Gasteiger partial charge in [0.15, 0.2) is 0 Å². The molecule has 1 atom stereocenters. The zero-order valence-electron chi connectivity index (χ0n) is 11.7. The molecular weight excluding hydrogens is 340 g/mol. The van der Waals surface area contributed by atoms with Gasteiger partial charge in [-0.25, -0.2) is 4.79 Å². The van der Waals surface area contributed by atoms with E-state index >= 15 is 0 Å². The van der Waals surface area contributed by atoms with Gasteiger partial charge in [0.2, 0.25) is 6.29 Å². The molecule has 0 saturated carbocycles. The summed E-state index contributed by atoms with van der Waals surface area (Å²) in [7, 11) is 0. The molecule has 5 nitrogen and oxygen atoms in total. The monoisotopic (exact) mass is 358 g/mol. The molecule has 0 saturated heterocycles. The third-order valence-electron chi connectivity index (χ3n) is 3.23. The third kappa shape index (κ3) is 5.12. The smallest absolute Gasteiger partial charge is 0.493 e. The van der Waals surface area contributed by atoms with E-state index < -0.39 is 12.4 Å². The van der Waals surface area contributed by atoms with Crippen LogP contribution in [-0.4, -0.2) is 29.5 Å². The highest BCUT2D eigenvalue weighted by atomic mass is 79.9. The van der Waals surface area contributed by atoms with Crippen LogP contribution < -0.4 is 9.47 Å². The van der Waals surface area contributed by atoms with Crippen LogP contribution in [0.2, 0.25) is 0 Å². The summed E-state index contributed by atoms with van der Waals surface area (Å²) >= 11 is 3.40. The summed E-state index contributed by atoms with van der Waals surface area (Å²) in [5.41, 5.74) is 1.05. The van der Waals surface area contributed by atoms with Crippen molar-refractivity contribution in [3.63, 3.8) is 0 Å². The topological polar surface area (TPSA) is 65.0 Å². The molecule has 21 heavy (non-hydrogen) atoms. The lowest BCUT2D eigenvalue weighted by atomic mass is 10.1. The lowest BCUT2D eigenvalue weighted by Gasteiger charge is -2.25. The number of benzene rings is 1. The normalized spacial score (nSPS) is 16.7. The van der Waals surface area contributed by atoms with Gasteiger partial charge in [0.05, 0.1) is 6.61 Å². The number of fused-ring (bicyclic) bond motifs is 1. The Balaban J connectivity index is 1.87. The molecule has 1 aromatic carbocycles. The molecule has 1 aliphatic heterocycles. The van der Waals surface area contributed by atoms with E-state index in [0.29, 0.717) is 18.8 Å². The average molecular weight is 359 g/mol. The highest BCUT2D eigenvalue weighted by Gasteiger charge is 2.23. The first-order valence-electron chi connectivity index (χ1n) is 7.07. The van der Waals surface area contributed by atoms with Gasteiger partial charge >= 0.3 is 6.16 Å². The van der Waals surface area contributed by atoms with E-state index in [-0.39, 0.29) is 0 Å². The highest BCUT2D eigenvalue weighted by Crippen LogP contribution is 2.31. The second-order valence-corrected chi connectivity index (χ2v) is 5.63. The second-order valence-electron chi connectivity index (χ2n) is 4.84. The Bertz CT molecular complexity index is 477. The number of rotatable bonds is 7. The van der Waals surface area contributed by atoms with Gasteiger partial charge in [0.25, 0.3) is 0 Å². The minimum Gasteiger partial charge on any atom is -0.493 e. The van der Waals surface area contributed by atoms with Crippen LogP contribution in [0.3, 0.4) is 0 Å². The lowest BCUT2D eigenvalue weighted by molar-refractivity contribution is -0.0635. The van der Waals surface area contributed by atoms with Crippen molar-refractivity contribution < 1.29 is 24.1 Å². The molecule has 0 fully saturated rings. The van der Waals surface area contributed by atoms with E-state index in [1.165, 1.54) is 0 Å². The number of ether oxygens (including phenoxy) is 3. The molecule has 1 unspecified atom stereocenters. The van der Waals surface area contributed by atoms with Gasteiger partial charge in [-0.15, -0.1) is 0 Å². The predicted molar refractivity (Wildman–Crippen MR) is 81.4 cm³/mol. The standard InChI is InChI=1S/C15H19BrO5/c16-8-2-1-3-9-19-12-6-4-11-5-7-14(21-15(17)18)20-13(11)10-12/h4,6,10,14H,1-3,5,7-9H2,(H,17,18). The number of carbonyl (C=O) groups is 1. The van der Waals surface area contributed by atoms with E-state index in [0.717, 1.165) is 42.3 Å². The van der Waals surface area contributed by atoms with Crippen LogP contribution in [0.25, 0.3) is 0 Å². The van der Waals surface area contributed by atoms with Crippen LogP contribution >= 0.6 is 15.9 Å². The van der Waals surface area contributed by atoms with Crippen LogP contribution in [0.1, 0.15) is 31.2 Å². The fourth-order valence-electron chi connectivity index (χ4n) is 2.17. The SMILES string of the molecule is O=C(O)OC1CCc2ccc(OCCCCCBr)cc2O1. The average Bonchev–Trinajstić information content (AvgIpc) is 2.46. The summed E-state index contributed by atoms with van der Waals surface area (Å²) in [6.07, 6.45) is 2.50. The summed E-state index contributed by atoms with van der Waals surface area (Å²) in [6.45, 7) is 0.668. The Morgan fingerprint density at radius 1 is 1.38 bits per heavy atom. The molecule has 0 aromatic heterocycles. The number of alkyl halides is 1. The zero-order valence-corrected chi connectivity index (χ0v) is 13.3. The summed E-state index contributed by atoms with van der Waals surface area (Å²) < 4.78 is 15.9. The number of carboxylic acid groups (broad SMARTS) is 1. The molecule has 116 valence electrons. The van der Waals surface area contributed by atoms with Crippen molar-refractivity contribution in [1.29, 1.82) is 0 Å². The van der Waals surface area contributed by atoms with Crippen molar-refractivity contribution in [3.05, 3.63) is 23.8 Å². The Morgan fingerprint density at radius 3 is 3.00 bits per heavy atom. The van der Waals surface area contributed by atoms with E-state index in [9.17, 15) is 4.79 Å². The Hall–Kier alpha value is -1.43. The van der Waals surface area contributed by atoms with E-state index in [1.54, 1.807) is 6.07 Å². The fraction of sp³-hybridized carbons (Fsp3) is 0.533. The maximum absolute atomic E-state index is 10.5. The number of halogens is 1. The van der Waals surface area contributed by atoms with E-state index in [4.69, 9.17) is 14.6 Å². The van der Waals surface area contributed by atoms with Crippen LogP contribution in [0.4, 0.5) is 4.79 Å². The first-order chi connectivity index (χ1) is 10.2. The lowest BCUT2D eigenvalue weighted by Crippen LogP contribution is -2.27.